The van der Waals surface area contributed by atoms with E-state index in [1.165, 1.54) is 12.1 Å². The molecule has 0 aromatic heterocycles. The van der Waals surface area contributed by atoms with Crippen LogP contribution in [0.25, 0.3) is 0 Å². The molecule has 2 fully saturated rings. The molecule has 1 aliphatic carbocycles. The molecular formula is C32H49F3O7Si. The highest BCUT2D eigenvalue weighted by Crippen LogP contribution is 2.45. The number of hydrogen-bond acceptors (Lipinski definition) is 7. The molecule has 11 heteroatoms. The molecule has 1 saturated heterocycles. The molecule has 244 valence electrons. The van der Waals surface area contributed by atoms with Gasteiger partial charge in [0.2, 0.25) is 0 Å². The first-order valence-corrected chi connectivity index (χ1v) is 18.2. The summed E-state index contributed by atoms with van der Waals surface area (Å²) in [4.78, 5) is 11.8. The number of aliphatic hydroxyl groups is 2. The minimum absolute atomic E-state index is 0.0184. The van der Waals surface area contributed by atoms with Gasteiger partial charge < -0.3 is 28.8 Å². The molecular weight excluding hydrogens is 581 g/mol. The Labute approximate surface area is 254 Å². The lowest BCUT2D eigenvalue weighted by molar-refractivity contribution is -0.147. The van der Waals surface area contributed by atoms with Crippen molar-refractivity contribution in [1.82, 2.24) is 0 Å². The van der Waals surface area contributed by atoms with Crippen LogP contribution in [-0.4, -0.2) is 67.7 Å². The number of carbonyl (C=O) groups is 1. The number of benzene rings is 1. The fourth-order valence-corrected chi connectivity index (χ4v) is 8.96. The largest absolute Gasteiger partial charge is 0.491 e. The molecule has 3 rings (SSSR count). The first-order valence-electron chi connectivity index (χ1n) is 15.7. The van der Waals surface area contributed by atoms with Crippen LogP contribution in [-0.2, 0) is 24.9 Å². The molecule has 2 unspecified atom stereocenters. The fourth-order valence-electron chi connectivity index (χ4n) is 6.06. The predicted molar refractivity (Wildman–Crippen MR) is 160 cm³/mol. The summed E-state index contributed by atoms with van der Waals surface area (Å²) >= 11 is 0. The van der Waals surface area contributed by atoms with Crippen molar-refractivity contribution in [3.05, 3.63) is 42.0 Å². The summed E-state index contributed by atoms with van der Waals surface area (Å²) in [5.74, 6) is -0.497. The molecule has 7 atom stereocenters. The number of rotatable bonds is 17. The first kappa shape index (κ1) is 35.6. The van der Waals surface area contributed by atoms with Crippen LogP contribution < -0.4 is 4.74 Å². The van der Waals surface area contributed by atoms with Crippen molar-refractivity contribution < 1.29 is 46.8 Å². The molecule has 2 N–H and O–H groups in total. The van der Waals surface area contributed by atoms with Gasteiger partial charge in [0.25, 0.3) is 0 Å². The highest BCUT2D eigenvalue weighted by Gasteiger charge is 2.49. The monoisotopic (exact) mass is 630 g/mol. The van der Waals surface area contributed by atoms with Crippen molar-refractivity contribution >= 4 is 14.3 Å². The molecule has 2 aliphatic rings. The number of ether oxygens (including phenoxy) is 3. The molecule has 1 aromatic carbocycles. The average Bonchev–Trinajstić information content (AvgIpc) is 3.63. The molecule has 0 radical (unpaired) electrons. The summed E-state index contributed by atoms with van der Waals surface area (Å²) in [6, 6.07) is 7.46. The zero-order valence-corrected chi connectivity index (χ0v) is 27.0. The van der Waals surface area contributed by atoms with Gasteiger partial charge in [0.15, 0.2) is 8.32 Å². The predicted octanol–water partition coefficient (Wildman–Crippen LogP) is 6.67. The van der Waals surface area contributed by atoms with E-state index in [-0.39, 0.29) is 54.6 Å². The van der Waals surface area contributed by atoms with E-state index in [0.717, 1.165) is 36.7 Å². The second-order valence-corrected chi connectivity index (χ2v) is 16.8. The SMILES string of the molecule is CC[Si](CC)(CC)O[C@@H]1C[C@H](O)[C@H](CC2OC2CCCC(=O)OC(C)C)[C@H]1/C=C/[C@@H](O)COc1cccc(C(F)(F)F)c1. The van der Waals surface area contributed by atoms with Crippen molar-refractivity contribution in [2.75, 3.05) is 6.61 Å². The molecule has 1 aliphatic heterocycles. The first-order chi connectivity index (χ1) is 20.3. The number of hydrogen-bond donors (Lipinski definition) is 2. The zero-order chi connectivity index (χ0) is 31.8. The van der Waals surface area contributed by atoms with E-state index < -0.39 is 32.3 Å². The van der Waals surface area contributed by atoms with Gasteiger partial charge in [-0.3, -0.25) is 4.79 Å². The van der Waals surface area contributed by atoms with Gasteiger partial charge in [-0.2, -0.15) is 13.2 Å². The maximum Gasteiger partial charge on any atom is 0.416 e. The third-order valence-corrected chi connectivity index (χ3v) is 13.5. The Morgan fingerprint density at radius 1 is 1.16 bits per heavy atom. The Bertz CT molecular complexity index is 1040. The van der Waals surface area contributed by atoms with Gasteiger partial charge in [0.05, 0.1) is 36.1 Å². The van der Waals surface area contributed by atoms with Crippen LogP contribution in [0.1, 0.15) is 72.3 Å². The van der Waals surface area contributed by atoms with Gasteiger partial charge in [-0.05, 0) is 81.8 Å². The topological polar surface area (TPSA) is 97.8 Å². The summed E-state index contributed by atoms with van der Waals surface area (Å²) < 4.78 is 62.5. The minimum atomic E-state index is -4.48. The fraction of sp³-hybridized carbons (Fsp3) is 0.719. The van der Waals surface area contributed by atoms with Crippen molar-refractivity contribution in [3.8, 4) is 5.75 Å². The quantitative estimate of drug-likeness (QED) is 0.0859. The number of halogens is 3. The van der Waals surface area contributed by atoms with Crippen LogP contribution in [0.2, 0.25) is 18.1 Å². The van der Waals surface area contributed by atoms with Crippen molar-refractivity contribution in [2.24, 2.45) is 11.8 Å². The Hall–Kier alpha value is -1.92. The lowest BCUT2D eigenvalue weighted by atomic mass is 9.88. The van der Waals surface area contributed by atoms with Gasteiger partial charge in [0, 0.05) is 12.3 Å². The van der Waals surface area contributed by atoms with Crippen LogP contribution in [0.4, 0.5) is 13.2 Å². The lowest BCUT2D eigenvalue weighted by Crippen LogP contribution is -2.41. The van der Waals surface area contributed by atoms with Crippen molar-refractivity contribution in [3.63, 3.8) is 0 Å². The molecule has 1 heterocycles. The van der Waals surface area contributed by atoms with Gasteiger partial charge in [-0.25, -0.2) is 0 Å². The van der Waals surface area contributed by atoms with E-state index in [4.69, 9.17) is 18.6 Å². The minimum Gasteiger partial charge on any atom is -0.491 e. The van der Waals surface area contributed by atoms with Crippen LogP contribution in [0.15, 0.2) is 36.4 Å². The second-order valence-electron chi connectivity index (χ2n) is 12.1. The Kier molecular flexibility index (Phi) is 13.1. The Morgan fingerprint density at radius 3 is 2.49 bits per heavy atom. The van der Waals surface area contributed by atoms with E-state index in [1.807, 2.05) is 19.9 Å². The zero-order valence-electron chi connectivity index (χ0n) is 26.0. The average molecular weight is 631 g/mol. The molecule has 0 spiro atoms. The normalized spacial score (nSPS) is 26.7. The highest BCUT2D eigenvalue weighted by atomic mass is 28.4. The Morgan fingerprint density at radius 2 is 1.86 bits per heavy atom. The van der Waals surface area contributed by atoms with Crippen molar-refractivity contribution in [2.45, 2.75) is 128 Å². The molecule has 7 nitrogen and oxygen atoms in total. The highest BCUT2D eigenvalue weighted by molar-refractivity contribution is 6.73. The van der Waals surface area contributed by atoms with E-state index in [9.17, 15) is 28.2 Å². The molecule has 1 saturated carbocycles. The smallest absolute Gasteiger partial charge is 0.416 e. The van der Waals surface area contributed by atoms with Gasteiger partial charge in [0.1, 0.15) is 18.5 Å². The van der Waals surface area contributed by atoms with Crippen LogP contribution in [0, 0.1) is 11.8 Å². The van der Waals surface area contributed by atoms with E-state index >= 15 is 0 Å². The number of esters is 1. The van der Waals surface area contributed by atoms with Crippen LogP contribution in [0.5, 0.6) is 5.75 Å². The van der Waals surface area contributed by atoms with Gasteiger partial charge in [-0.15, -0.1) is 0 Å². The van der Waals surface area contributed by atoms with Crippen LogP contribution in [0.3, 0.4) is 0 Å². The van der Waals surface area contributed by atoms with Crippen LogP contribution >= 0.6 is 0 Å². The van der Waals surface area contributed by atoms with E-state index in [0.29, 0.717) is 25.7 Å². The maximum absolute atomic E-state index is 13.0. The summed E-state index contributed by atoms with van der Waals surface area (Å²) in [6.45, 7) is 9.89. The summed E-state index contributed by atoms with van der Waals surface area (Å²) in [5, 5.41) is 21.8. The third-order valence-electron chi connectivity index (χ3n) is 8.79. The van der Waals surface area contributed by atoms with Gasteiger partial charge >= 0.3 is 12.1 Å². The maximum atomic E-state index is 13.0. The number of aliphatic hydroxyl groups excluding tert-OH is 2. The van der Waals surface area contributed by atoms with Gasteiger partial charge in [-0.1, -0.05) is 39.0 Å². The lowest BCUT2D eigenvalue weighted by Gasteiger charge is -2.34. The molecule has 0 bridgehead atoms. The summed E-state index contributed by atoms with van der Waals surface area (Å²) in [7, 11) is -2.00. The number of epoxide rings is 1. The standard InChI is InChI=1S/C32H49F3O7Si/c1-6-43(7-2,8-3)42-29-19-27(37)26(18-30-28(41-30)13-10-14-31(38)40-21(4)5)25(29)16-15-23(36)20-39-24-12-9-11-22(17-24)32(33,34)35/h9,11-12,15-17,21,23,25-30,36-37H,6-8,10,13-14,18-20H2,1-5H3/b16-15+/t23-,25-,26-,27+,28?,29-,30?/m1/s1. The van der Waals surface area contributed by atoms with E-state index in [2.05, 4.69) is 20.8 Å². The molecule has 1 aromatic rings. The van der Waals surface area contributed by atoms with E-state index in [1.54, 1.807) is 6.08 Å². The van der Waals surface area contributed by atoms with Crippen molar-refractivity contribution in [1.29, 1.82) is 0 Å². The summed E-state index contributed by atoms with van der Waals surface area (Å²) in [6.07, 6.45) is -0.116. The second kappa shape index (κ2) is 15.9. The third kappa shape index (κ3) is 10.6. The summed E-state index contributed by atoms with van der Waals surface area (Å²) in [5.41, 5.74) is -0.815. The number of carbonyl (C=O) groups excluding carboxylic acids is 1. The Balaban J connectivity index is 1.64. The molecule has 0 amide bonds. The molecule has 43 heavy (non-hydrogen) atoms. The number of alkyl halides is 3.